The number of carbonyl (C=O) groups excluding carboxylic acids is 2. The smallest absolute Gasteiger partial charge is 0.338 e. The Balaban J connectivity index is 1.39. The SMILES string of the molecule is CCOC(=O)c1ccc(OCC(=O)N2CCc3cc(-c4csc(C)n4)ccc32)cc1. The van der Waals surface area contributed by atoms with E-state index in [1.54, 1.807) is 47.4 Å². The molecule has 1 amide bonds. The normalized spacial score (nSPS) is 12.5. The van der Waals surface area contributed by atoms with Gasteiger partial charge < -0.3 is 14.4 Å². The van der Waals surface area contributed by atoms with Crippen molar-refractivity contribution < 1.29 is 19.1 Å². The second kappa shape index (κ2) is 8.67. The van der Waals surface area contributed by atoms with Gasteiger partial charge in [-0.05, 0) is 62.2 Å². The largest absolute Gasteiger partial charge is 0.484 e. The van der Waals surface area contributed by atoms with E-state index in [9.17, 15) is 9.59 Å². The number of hydrogen-bond donors (Lipinski definition) is 0. The Labute approximate surface area is 179 Å². The second-order valence-electron chi connectivity index (χ2n) is 6.92. The number of aryl methyl sites for hydroxylation is 1. The number of fused-ring (bicyclic) bond motifs is 1. The number of amides is 1. The third-order valence-electron chi connectivity index (χ3n) is 4.92. The van der Waals surface area contributed by atoms with Crippen LogP contribution in [-0.2, 0) is 16.0 Å². The molecule has 1 aromatic heterocycles. The maximum Gasteiger partial charge on any atom is 0.338 e. The molecule has 0 saturated carbocycles. The minimum absolute atomic E-state index is 0.0643. The predicted molar refractivity (Wildman–Crippen MR) is 116 cm³/mol. The van der Waals surface area contributed by atoms with Crippen LogP contribution in [0.1, 0.15) is 27.9 Å². The molecule has 0 saturated heterocycles. The van der Waals surface area contributed by atoms with Crippen LogP contribution in [0.3, 0.4) is 0 Å². The number of rotatable bonds is 6. The molecule has 7 heteroatoms. The van der Waals surface area contributed by atoms with Gasteiger partial charge in [-0.25, -0.2) is 9.78 Å². The highest BCUT2D eigenvalue weighted by Gasteiger charge is 2.25. The van der Waals surface area contributed by atoms with Crippen LogP contribution in [0.5, 0.6) is 5.75 Å². The summed E-state index contributed by atoms with van der Waals surface area (Å²) in [4.78, 5) is 30.7. The first kappa shape index (κ1) is 20.1. The summed E-state index contributed by atoms with van der Waals surface area (Å²) in [5, 5.41) is 3.09. The lowest BCUT2D eigenvalue weighted by Gasteiger charge is -2.18. The monoisotopic (exact) mass is 422 g/mol. The van der Waals surface area contributed by atoms with Crippen molar-refractivity contribution in [1.82, 2.24) is 4.98 Å². The lowest BCUT2D eigenvalue weighted by atomic mass is 10.1. The van der Waals surface area contributed by atoms with Crippen LogP contribution in [0.25, 0.3) is 11.3 Å². The Morgan fingerprint density at radius 1 is 1.17 bits per heavy atom. The fourth-order valence-electron chi connectivity index (χ4n) is 3.44. The molecule has 0 fully saturated rings. The Bertz CT molecular complexity index is 1080. The molecule has 3 aromatic rings. The van der Waals surface area contributed by atoms with Gasteiger partial charge in [-0.15, -0.1) is 11.3 Å². The Kier molecular flexibility index (Phi) is 5.81. The van der Waals surface area contributed by atoms with Crippen LogP contribution < -0.4 is 9.64 Å². The van der Waals surface area contributed by atoms with Crippen molar-refractivity contribution in [1.29, 1.82) is 0 Å². The molecule has 2 aromatic carbocycles. The third kappa shape index (κ3) is 4.21. The highest BCUT2D eigenvalue weighted by atomic mass is 32.1. The van der Waals surface area contributed by atoms with E-state index in [-0.39, 0.29) is 18.5 Å². The minimum atomic E-state index is -0.374. The van der Waals surface area contributed by atoms with E-state index < -0.39 is 0 Å². The number of carbonyl (C=O) groups is 2. The molecule has 4 rings (SSSR count). The molecule has 1 aliphatic heterocycles. The van der Waals surface area contributed by atoms with Crippen LogP contribution in [0, 0.1) is 6.92 Å². The van der Waals surface area contributed by atoms with Gasteiger partial charge in [0.05, 0.1) is 22.9 Å². The number of anilines is 1. The molecule has 0 unspecified atom stereocenters. The lowest BCUT2D eigenvalue weighted by Crippen LogP contribution is -2.33. The molecule has 0 radical (unpaired) electrons. The molecule has 2 heterocycles. The Hall–Kier alpha value is -3.19. The maximum absolute atomic E-state index is 12.7. The molecule has 1 aliphatic rings. The van der Waals surface area contributed by atoms with Gasteiger partial charge in [0.25, 0.3) is 5.91 Å². The molecule has 0 N–H and O–H groups in total. The molecule has 0 atom stereocenters. The quantitative estimate of drug-likeness (QED) is 0.555. The van der Waals surface area contributed by atoms with Crippen molar-refractivity contribution in [2.45, 2.75) is 20.3 Å². The van der Waals surface area contributed by atoms with E-state index in [0.29, 0.717) is 24.5 Å². The van der Waals surface area contributed by atoms with Gasteiger partial charge in [-0.1, -0.05) is 6.07 Å². The number of esters is 1. The highest BCUT2D eigenvalue weighted by molar-refractivity contribution is 7.09. The standard InChI is InChI=1S/C23H22N2O4S/c1-3-28-23(27)16-4-7-19(8-5-16)29-13-22(26)25-11-10-18-12-17(6-9-21(18)25)20-14-30-15(2)24-20/h4-9,12,14H,3,10-11,13H2,1-2H3. The van der Waals surface area contributed by atoms with E-state index >= 15 is 0 Å². The van der Waals surface area contributed by atoms with Gasteiger partial charge in [0, 0.05) is 23.2 Å². The van der Waals surface area contributed by atoms with Crippen LogP contribution >= 0.6 is 11.3 Å². The van der Waals surface area contributed by atoms with E-state index in [4.69, 9.17) is 9.47 Å². The molecule has 0 spiro atoms. The summed E-state index contributed by atoms with van der Waals surface area (Å²) in [6, 6.07) is 12.7. The van der Waals surface area contributed by atoms with Crippen LogP contribution in [-0.4, -0.2) is 36.6 Å². The van der Waals surface area contributed by atoms with Gasteiger partial charge in [0.2, 0.25) is 0 Å². The van der Waals surface area contributed by atoms with Crippen molar-refractivity contribution >= 4 is 28.9 Å². The van der Waals surface area contributed by atoms with Crippen molar-refractivity contribution in [3.63, 3.8) is 0 Å². The van der Waals surface area contributed by atoms with Crippen molar-refractivity contribution in [3.05, 3.63) is 64.0 Å². The average molecular weight is 423 g/mol. The fourth-order valence-corrected chi connectivity index (χ4v) is 4.06. The predicted octanol–water partition coefficient (Wildman–Crippen LogP) is 4.26. The van der Waals surface area contributed by atoms with Gasteiger partial charge in [-0.2, -0.15) is 0 Å². The van der Waals surface area contributed by atoms with Crippen molar-refractivity contribution in [2.24, 2.45) is 0 Å². The van der Waals surface area contributed by atoms with E-state index in [1.165, 1.54) is 0 Å². The molecule has 154 valence electrons. The van der Waals surface area contributed by atoms with Crippen LogP contribution in [0.2, 0.25) is 0 Å². The first-order valence-electron chi connectivity index (χ1n) is 9.81. The zero-order chi connectivity index (χ0) is 21.1. The zero-order valence-electron chi connectivity index (χ0n) is 16.9. The number of benzene rings is 2. The first-order chi connectivity index (χ1) is 14.5. The number of hydrogen-bond acceptors (Lipinski definition) is 6. The van der Waals surface area contributed by atoms with Gasteiger partial charge in [0.1, 0.15) is 5.75 Å². The number of ether oxygens (including phenoxy) is 2. The molecule has 0 bridgehead atoms. The van der Waals surface area contributed by atoms with Gasteiger partial charge in [0.15, 0.2) is 6.61 Å². The zero-order valence-corrected chi connectivity index (χ0v) is 17.7. The van der Waals surface area contributed by atoms with Crippen LogP contribution in [0.4, 0.5) is 5.69 Å². The summed E-state index contributed by atoms with van der Waals surface area (Å²) < 4.78 is 10.6. The maximum atomic E-state index is 12.7. The lowest BCUT2D eigenvalue weighted by molar-refractivity contribution is -0.120. The van der Waals surface area contributed by atoms with E-state index in [0.717, 1.165) is 33.9 Å². The average Bonchev–Trinajstić information content (AvgIpc) is 3.38. The summed E-state index contributed by atoms with van der Waals surface area (Å²) >= 11 is 1.63. The molecular formula is C23H22N2O4S. The molecular weight excluding hydrogens is 400 g/mol. The Morgan fingerprint density at radius 3 is 2.67 bits per heavy atom. The van der Waals surface area contributed by atoms with E-state index in [2.05, 4.69) is 16.4 Å². The van der Waals surface area contributed by atoms with Gasteiger partial charge >= 0.3 is 5.97 Å². The molecule has 6 nitrogen and oxygen atoms in total. The molecule has 30 heavy (non-hydrogen) atoms. The summed E-state index contributed by atoms with van der Waals surface area (Å²) in [6.07, 6.45) is 0.812. The first-order valence-corrected chi connectivity index (χ1v) is 10.7. The van der Waals surface area contributed by atoms with Gasteiger partial charge in [-0.3, -0.25) is 4.79 Å². The Morgan fingerprint density at radius 2 is 1.97 bits per heavy atom. The van der Waals surface area contributed by atoms with Crippen molar-refractivity contribution in [3.8, 4) is 17.0 Å². The second-order valence-corrected chi connectivity index (χ2v) is 7.99. The van der Waals surface area contributed by atoms with Crippen LogP contribution in [0.15, 0.2) is 47.8 Å². The highest BCUT2D eigenvalue weighted by Crippen LogP contribution is 2.32. The fraction of sp³-hybridized carbons (Fsp3) is 0.261. The summed E-state index contributed by atoms with van der Waals surface area (Å²) in [6.45, 7) is 4.66. The number of aromatic nitrogens is 1. The summed E-state index contributed by atoms with van der Waals surface area (Å²) in [5.41, 5.74) is 4.57. The molecule has 0 aliphatic carbocycles. The third-order valence-corrected chi connectivity index (χ3v) is 5.69. The number of thiazole rings is 1. The van der Waals surface area contributed by atoms with Crippen molar-refractivity contribution in [2.75, 3.05) is 24.7 Å². The summed E-state index contributed by atoms with van der Waals surface area (Å²) in [5.74, 6) is 0.0616. The summed E-state index contributed by atoms with van der Waals surface area (Å²) in [7, 11) is 0. The topological polar surface area (TPSA) is 68.7 Å². The number of nitrogens with zero attached hydrogens (tertiary/aromatic N) is 2. The van der Waals surface area contributed by atoms with E-state index in [1.807, 2.05) is 19.1 Å². The minimum Gasteiger partial charge on any atom is -0.484 e.